The first kappa shape index (κ1) is 17.9. The van der Waals surface area contributed by atoms with Crippen LogP contribution >= 0.6 is 0 Å². The normalized spacial score (nSPS) is 15.8. The number of hydrogen-bond acceptors (Lipinski definition) is 6. The number of hydrogen-bond donors (Lipinski definition) is 1. The van der Waals surface area contributed by atoms with Crippen LogP contribution in [0.3, 0.4) is 0 Å². The molecule has 1 aliphatic rings. The van der Waals surface area contributed by atoms with Crippen LogP contribution in [0.2, 0.25) is 0 Å². The molecule has 1 aromatic rings. The molecular formula is C15H18N2O6S. The van der Waals surface area contributed by atoms with Crippen molar-refractivity contribution >= 4 is 27.7 Å². The Bertz CT molecular complexity index is 757. The van der Waals surface area contributed by atoms with Gasteiger partial charge < -0.3 is 10.1 Å². The minimum atomic E-state index is -3.16. The molecule has 1 N–H and O–H groups in total. The number of carbonyl (C=O) groups excluding carboxylic acids is 3. The fourth-order valence-electron chi connectivity index (χ4n) is 2.22. The molecule has 9 heteroatoms. The number of nitrogens with one attached hydrogen (secondary N) is 1. The van der Waals surface area contributed by atoms with Crippen molar-refractivity contribution in [3.63, 3.8) is 0 Å². The van der Waals surface area contributed by atoms with Crippen molar-refractivity contribution in [3.8, 4) is 0 Å². The van der Waals surface area contributed by atoms with E-state index in [1.54, 1.807) is 0 Å². The Morgan fingerprint density at radius 3 is 2.42 bits per heavy atom. The predicted molar refractivity (Wildman–Crippen MR) is 85.0 cm³/mol. The Kier molecular flexibility index (Phi) is 5.23. The van der Waals surface area contributed by atoms with E-state index in [-0.39, 0.29) is 17.9 Å². The smallest absolute Gasteiger partial charge is 0.338 e. The average Bonchev–Trinajstić information content (AvgIpc) is 2.91. The summed E-state index contributed by atoms with van der Waals surface area (Å²) in [5, 5.41) is 2.49. The van der Waals surface area contributed by atoms with Gasteiger partial charge in [-0.2, -0.15) is 0 Å². The number of rotatable bonds is 5. The Morgan fingerprint density at radius 2 is 1.92 bits per heavy atom. The van der Waals surface area contributed by atoms with Crippen LogP contribution in [0, 0.1) is 0 Å². The summed E-state index contributed by atoms with van der Waals surface area (Å²) in [4.78, 5) is 36.5. The van der Waals surface area contributed by atoms with Crippen molar-refractivity contribution in [2.45, 2.75) is 18.8 Å². The van der Waals surface area contributed by atoms with Crippen LogP contribution in [0.15, 0.2) is 24.3 Å². The second-order valence-corrected chi connectivity index (χ2v) is 7.68. The molecule has 1 aromatic carbocycles. The zero-order valence-corrected chi connectivity index (χ0v) is 14.1. The van der Waals surface area contributed by atoms with Crippen LogP contribution in [0.5, 0.6) is 0 Å². The number of ether oxygens (including phenoxy) is 1. The number of urea groups is 1. The maximum atomic E-state index is 12.1. The molecule has 0 radical (unpaired) electrons. The van der Waals surface area contributed by atoms with Gasteiger partial charge in [0.15, 0.2) is 15.9 Å². The van der Waals surface area contributed by atoms with Gasteiger partial charge in [0, 0.05) is 19.3 Å². The summed E-state index contributed by atoms with van der Waals surface area (Å²) in [6.45, 7) is 2.00. The van der Waals surface area contributed by atoms with Crippen LogP contribution in [0.4, 0.5) is 4.79 Å². The summed E-state index contributed by atoms with van der Waals surface area (Å²) in [5.74, 6) is -1.44. The summed E-state index contributed by atoms with van der Waals surface area (Å²) in [6.07, 6.45) is 0.0220. The van der Waals surface area contributed by atoms with Gasteiger partial charge in [0.25, 0.3) is 5.91 Å². The lowest BCUT2D eigenvalue weighted by Gasteiger charge is -2.18. The van der Waals surface area contributed by atoms with Gasteiger partial charge in [-0.25, -0.2) is 18.0 Å². The standard InChI is InChI=1S/C15H18N2O6S/c1-10(13(18)17-8-7-16-15(17)20)23-14(19)12-5-3-11(4-6-12)9-24(2,21)22/h3-6,10H,7-9H2,1-2H3,(H,16,20)/t10-/m1/s1. The minimum Gasteiger partial charge on any atom is -0.449 e. The zero-order valence-electron chi connectivity index (χ0n) is 13.3. The molecule has 8 nitrogen and oxygen atoms in total. The van der Waals surface area contributed by atoms with E-state index in [0.717, 1.165) is 11.2 Å². The lowest BCUT2D eigenvalue weighted by atomic mass is 10.1. The van der Waals surface area contributed by atoms with Crippen LogP contribution in [-0.4, -0.2) is 56.7 Å². The Hall–Kier alpha value is -2.42. The van der Waals surface area contributed by atoms with Gasteiger partial charge in [-0.15, -0.1) is 0 Å². The minimum absolute atomic E-state index is 0.124. The van der Waals surface area contributed by atoms with Gasteiger partial charge in [0.1, 0.15) is 0 Å². The predicted octanol–water partition coefficient (Wildman–Crippen LogP) is 0.328. The number of carbonyl (C=O) groups is 3. The molecule has 1 atom stereocenters. The third-order valence-electron chi connectivity index (χ3n) is 3.37. The Balaban J connectivity index is 1.98. The molecule has 0 bridgehead atoms. The number of esters is 1. The van der Waals surface area contributed by atoms with E-state index >= 15 is 0 Å². The number of sulfone groups is 1. The first-order chi connectivity index (χ1) is 11.2. The zero-order chi connectivity index (χ0) is 17.9. The van der Waals surface area contributed by atoms with Crippen molar-refractivity contribution in [2.24, 2.45) is 0 Å². The Morgan fingerprint density at radius 1 is 1.29 bits per heavy atom. The van der Waals surface area contributed by atoms with E-state index in [0.29, 0.717) is 12.1 Å². The number of nitrogens with zero attached hydrogens (tertiary/aromatic N) is 1. The van der Waals surface area contributed by atoms with Crippen LogP contribution < -0.4 is 5.32 Å². The quantitative estimate of drug-likeness (QED) is 0.763. The van der Waals surface area contributed by atoms with E-state index in [1.807, 2.05) is 0 Å². The molecule has 1 aliphatic heterocycles. The summed E-state index contributed by atoms with van der Waals surface area (Å²) in [5.41, 5.74) is 0.740. The first-order valence-corrected chi connectivity index (χ1v) is 9.30. The highest BCUT2D eigenvalue weighted by molar-refractivity contribution is 7.89. The maximum absolute atomic E-state index is 12.1. The topological polar surface area (TPSA) is 110 Å². The van der Waals surface area contributed by atoms with Gasteiger partial charge in [0.2, 0.25) is 0 Å². The number of imide groups is 1. The molecular weight excluding hydrogens is 336 g/mol. The van der Waals surface area contributed by atoms with Gasteiger partial charge in [0.05, 0.1) is 11.3 Å². The molecule has 3 amide bonds. The molecule has 0 saturated carbocycles. The fraction of sp³-hybridized carbons (Fsp3) is 0.400. The lowest BCUT2D eigenvalue weighted by molar-refractivity contribution is -0.136. The molecule has 1 fully saturated rings. The highest BCUT2D eigenvalue weighted by Gasteiger charge is 2.31. The van der Waals surface area contributed by atoms with Crippen molar-refractivity contribution in [2.75, 3.05) is 19.3 Å². The molecule has 130 valence electrons. The largest absolute Gasteiger partial charge is 0.449 e. The van der Waals surface area contributed by atoms with Gasteiger partial charge in [-0.05, 0) is 24.6 Å². The highest BCUT2D eigenvalue weighted by Crippen LogP contribution is 2.11. The summed E-state index contributed by atoms with van der Waals surface area (Å²) in [7, 11) is -3.16. The molecule has 0 aromatic heterocycles. The van der Waals surface area contributed by atoms with Crippen LogP contribution in [-0.2, 0) is 25.1 Å². The van der Waals surface area contributed by atoms with Crippen molar-refractivity contribution in [3.05, 3.63) is 35.4 Å². The van der Waals surface area contributed by atoms with Crippen molar-refractivity contribution < 1.29 is 27.5 Å². The van der Waals surface area contributed by atoms with E-state index in [9.17, 15) is 22.8 Å². The molecule has 24 heavy (non-hydrogen) atoms. The molecule has 0 spiro atoms. The summed E-state index contributed by atoms with van der Waals surface area (Å²) >= 11 is 0. The summed E-state index contributed by atoms with van der Waals surface area (Å²) < 4.78 is 27.5. The van der Waals surface area contributed by atoms with Gasteiger partial charge in [-0.1, -0.05) is 12.1 Å². The summed E-state index contributed by atoms with van der Waals surface area (Å²) in [6, 6.07) is 5.38. The van der Waals surface area contributed by atoms with E-state index in [4.69, 9.17) is 4.74 Å². The lowest BCUT2D eigenvalue weighted by Crippen LogP contribution is -2.41. The fourth-order valence-corrected chi connectivity index (χ4v) is 3.02. The van der Waals surface area contributed by atoms with Crippen LogP contribution in [0.1, 0.15) is 22.8 Å². The number of benzene rings is 1. The molecule has 2 rings (SSSR count). The first-order valence-electron chi connectivity index (χ1n) is 7.24. The third-order valence-corrected chi connectivity index (χ3v) is 4.23. The molecule has 1 heterocycles. The molecule has 0 aliphatic carbocycles. The van der Waals surface area contributed by atoms with E-state index in [2.05, 4.69) is 5.32 Å². The van der Waals surface area contributed by atoms with Crippen molar-refractivity contribution in [1.29, 1.82) is 0 Å². The second-order valence-electron chi connectivity index (χ2n) is 5.54. The van der Waals surface area contributed by atoms with Crippen LogP contribution in [0.25, 0.3) is 0 Å². The van der Waals surface area contributed by atoms with E-state index in [1.165, 1.54) is 31.2 Å². The monoisotopic (exact) mass is 354 g/mol. The van der Waals surface area contributed by atoms with Gasteiger partial charge >= 0.3 is 12.0 Å². The third kappa shape index (κ3) is 4.54. The SMILES string of the molecule is C[C@@H](OC(=O)c1ccc(CS(C)(=O)=O)cc1)C(=O)N1CCNC1=O. The highest BCUT2D eigenvalue weighted by atomic mass is 32.2. The van der Waals surface area contributed by atoms with E-state index < -0.39 is 33.8 Å². The van der Waals surface area contributed by atoms with Gasteiger partial charge in [-0.3, -0.25) is 9.69 Å². The van der Waals surface area contributed by atoms with Crippen molar-refractivity contribution in [1.82, 2.24) is 10.2 Å². The average molecular weight is 354 g/mol. The maximum Gasteiger partial charge on any atom is 0.338 e. The molecule has 0 unspecified atom stereocenters. The Labute approximate surface area is 139 Å². The second kappa shape index (κ2) is 7.00. The number of amides is 3. The molecule has 1 saturated heterocycles.